The number of carbonyl (C=O) groups excluding carboxylic acids is 1. The number of nitrogens with one attached hydrogen (secondary N) is 1. The highest BCUT2D eigenvalue weighted by atomic mass is 31.2. The Morgan fingerprint density at radius 2 is 1.44 bits per heavy atom. The van der Waals surface area contributed by atoms with Crippen molar-refractivity contribution in [1.82, 2.24) is 9.99 Å². The van der Waals surface area contributed by atoms with Crippen molar-refractivity contribution < 1.29 is 37.5 Å². The third-order valence-corrected chi connectivity index (χ3v) is 11.7. The summed E-state index contributed by atoms with van der Waals surface area (Å²) in [6, 6.07) is 25.6. The standard InChI is InChI=1S/C42H58N3O8P/c1-11-38-40(53-54(51-26-25-43-8)45(29(2)3)30(4)5)31(6)39(44-32(7)46)41(52-38)49-27-28-50-42(33-15-13-12-14-16-33,34-17-21-36(47-9)22-18-34)35-19-23-37(48-10)24-20-35/h12-24,29-31,38-41H,11,25-28H2,1-7,9-10H3,(H,44,46). The summed E-state index contributed by atoms with van der Waals surface area (Å²) in [7, 11) is 1.76. The monoisotopic (exact) mass is 763 g/mol. The zero-order valence-electron chi connectivity index (χ0n) is 33.2. The SMILES string of the molecule is [C-]#[N+]CCOP(OC1C(CC)OC(OCCOC(c2ccccc2)(c2ccc(OC)cc2)c2ccc(OC)cc2)C(NC(C)=O)C1C)N(C(C)C)C(C)C. The van der Waals surface area contributed by atoms with Crippen molar-refractivity contribution in [3.8, 4) is 11.5 Å². The van der Waals surface area contributed by atoms with Gasteiger partial charge in [0.25, 0.3) is 8.53 Å². The first-order chi connectivity index (χ1) is 26.0. The van der Waals surface area contributed by atoms with Crippen molar-refractivity contribution in [2.75, 3.05) is 40.6 Å². The van der Waals surface area contributed by atoms with Crippen molar-refractivity contribution in [3.63, 3.8) is 0 Å². The first-order valence-corrected chi connectivity index (χ1v) is 19.9. The predicted molar refractivity (Wildman–Crippen MR) is 211 cm³/mol. The number of amides is 1. The van der Waals surface area contributed by atoms with Crippen LogP contribution >= 0.6 is 8.53 Å². The van der Waals surface area contributed by atoms with E-state index in [4.69, 9.17) is 39.3 Å². The molecule has 1 aliphatic rings. The van der Waals surface area contributed by atoms with Crippen LogP contribution in [0.25, 0.3) is 4.85 Å². The summed E-state index contributed by atoms with van der Waals surface area (Å²) in [6.45, 7) is 22.2. The van der Waals surface area contributed by atoms with Crippen LogP contribution in [-0.4, -0.2) is 87.8 Å². The van der Waals surface area contributed by atoms with Crippen molar-refractivity contribution in [2.45, 2.75) is 97.1 Å². The molecule has 11 nitrogen and oxygen atoms in total. The molecule has 0 bridgehead atoms. The van der Waals surface area contributed by atoms with Gasteiger partial charge in [-0.2, -0.15) is 0 Å². The molecular weight excluding hydrogens is 705 g/mol. The quantitative estimate of drug-likeness (QED) is 0.0532. The first-order valence-electron chi connectivity index (χ1n) is 18.7. The number of carbonyl (C=O) groups is 1. The molecule has 6 atom stereocenters. The van der Waals surface area contributed by atoms with E-state index in [0.29, 0.717) is 6.42 Å². The van der Waals surface area contributed by atoms with E-state index in [0.717, 1.165) is 28.2 Å². The maximum atomic E-state index is 12.6. The Morgan fingerprint density at radius 1 is 0.889 bits per heavy atom. The molecule has 1 heterocycles. The molecule has 1 amide bonds. The molecule has 0 aromatic heterocycles. The van der Waals surface area contributed by atoms with Gasteiger partial charge in [0, 0.05) is 24.9 Å². The Kier molecular flexibility index (Phi) is 16.7. The number of nitrogens with zero attached hydrogens (tertiary/aromatic N) is 2. The molecule has 0 spiro atoms. The zero-order chi connectivity index (χ0) is 39.3. The summed E-state index contributed by atoms with van der Waals surface area (Å²) in [4.78, 5) is 16.1. The lowest BCUT2D eigenvalue weighted by Gasteiger charge is -2.47. The lowest BCUT2D eigenvalue weighted by atomic mass is 9.80. The Bertz CT molecular complexity index is 1550. The van der Waals surface area contributed by atoms with E-state index >= 15 is 0 Å². The topological polar surface area (TPSA) is 101 Å². The molecule has 4 rings (SSSR count). The second kappa shape index (κ2) is 20.9. The fraction of sp³-hybridized carbons (Fsp3) is 0.524. The summed E-state index contributed by atoms with van der Waals surface area (Å²) in [5.41, 5.74) is 1.76. The van der Waals surface area contributed by atoms with Gasteiger partial charge < -0.3 is 42.9 Å². The van der Waals surface area contributed by atoms with Crippen LogP contribution < -0.4 is 14.8 Å². The summed E-state index contributed by atoms with van der Waals surface area (Å²) >= 11 is 0. The molecule has 0 saturated carbocycles. The fourth-order valence-electron chi connectivity index (χ4n) is 7.02. The van der Waals surface area contributed by atoms with Crippen LogP contribution in [0.1, 0.15) is 71.6 Å². The van der Waals surface area contributed by atoms with Crippen molar-refractivity contribution in [2.24, 2.45) is 5.92 Å². The Balaban J connectivity index is 1.61. The summed E-state index contributed by atoms with van der Waals surface area (Å²) in [6.07, 6.45) is -0.851. The van der Waals surface area contributed by atoms with E-state index in [1.165, 1.54) is 6.92 Å². The van der Waals surface area contributed by atoms with Crippen LogP contribution in [0.5, 0.6) is 11.5 Å². The molecular formula is C42H58N3O8P. The van der Waals surface area contributed by atoms with Gasteiger partial charge in [-0.25, -0.2) is 11.2 Å². The summed E-state index contributed by atoms with van der Waals surface area (Å²) in [5.74, 6) is 1.08. The van der Waals surface area contributed by atoms with Gasteiger partial charge in [-0.05, 0) is 75.1 Å². The number of benzene rings is 3. The second-order valence-electron chi connectivity index (χ2n) is 13.9. The average molecular weight is 764 g/mol. The molecule has 3 aromatic rings. The van der Waals surface area contributed by atoms with Gasteiger partial charge in [0.15, 0.2) is 6.29 Å². The lowest BCUT2D eigenvalue weighted by molar-refractivity contribution is -0.251. The van der Waals surface area contributed by atoms with Crippen LogP contribution in [0.3, 0.4) is 0 Å². The summed E-state index contributed by atoms with van der Waals surface area (Å²) in [5, 5.41) is 3.09. The number of rotatable bonds is 20. The third-order valence-electron chi connectivity index (χ3n) is 9.55. The third kappa shape index (κ3) is 10.6. The molecule has 12 heteroatoms. The van der Waals surface area contributed by atoms with E-state index in [1.807, 2.05) is 66.7 Å². The van der Waals surface area contributed by atoms with Crippen LogP contribution in [0.4, 0.5) is 0 Å². The number of ether oxygens (including phenoxy) is 5. The van der Waals surface area contributed by atoms with Gasteiger partial charge in [-0.3, -0.25) is 4.79 Å². The lowest BCUT2D eigenvalue weighted by Crippen LogP contribution is -2.60. The number of methoxy groups -OCH3 is 2. The first kappa shape index (κ1) is 43.1. The molecule has 0 aliphatic carbocycles. The highest BCUT2D eigenvalue weighted by Crippen LogP contribution is 2.50. The number of hydrogen-bond donors (Lipinski definition) is 1. The molecule has 6 unspecified atom stereocenters. The fourth-order valence-corrected chi connectivity index (χ4v) is 8.85. The van der Waals surface area contributed by atoms with E-state index in [9.17, 15) is 4.79 Å². The van der Waals surface area contributed by atoms with Gasteiger partial charge in [-0.15, -0.1) is 0 Å². The maximum Gasteiger partial charge on any atom is 0.259 e. The largest absolute Gasteiger partial charge is 0.497 e. The minimum atomic E-state index is -1.53. The molecule has 3 aromatic carbocycles. The van der Waals surface area contributed by atoms with Crippen molar-refractivity contribution in [1.29, 1.82) is 0 Å². The van der Waals surface area contributed by atoms with Gasteiger partial charge >= 0.3 is 0 Å². The predicted octanol–water partition coefficient (Wildman–Crippen LogP) is 7.97. The van der Waals surface area contributed by atoms with Crippen molar-refractivity contribution in [3.05, 3.63) is 107 Å². The zero-order valence-corrected chi connectivity index (χ0v) is 34.1. The van der Waals surface area contributed by atoms with Crippen LogP contribution in [0, 0.1) is 12.5 Å². The van der Waals surface area contributed by atoms with Crippen LogP contribution in [-0.2, 0) is 33.7 Å². The Morgan fingerprint density at radius 3 is 1.93 bits per heavy atom. The van der Waals surface area contributed by atoms with Gasteiger partial charge in [-0.1, -0.05) is 68.4 Å². The smallest absolute Gasteiger partial charge is 0.259 e. The molecule has 1 fully saturated rings. The molecule has 294 valence electrons. The molecule has 1 aliphatic heterocycles. The van der Waals surface area contributed by atoms with E-state index in [-0.39, 0.29) is 56.4 Å². The Hall–Kier alpha value is -3.59. The number of hydrogen-bond acceptors (Lipinski definition) is 9. The normalized spacial score (nSPS) is 20.8. The molecule has 0 radical (unpaired) electrons. The molecule has 1 N–H and O–H groups in total. The Labute approximate surface area is 323 Å². The second-order valence-corrected chi connectivity index (χ2v) is 15.3. The molecule has 54 heavy (non-hydrogen) atoms. The van der Waals surface area contributed by atoms with Gasteiger partial charge in [0.2, 0.25) is 12.5 Å². The van der Waals surface area contributed by atoms with E-state index < -0.39 is 32.6 Å². The highest BCUT2D eigenvalue weighted by Gasteiger charge is 2.47. The minimum absolute atomic E-state index is 0.144. The maximum absolute atomic E-state index is 12.6. The van der Waals surface area contributed by atoms with Crippen LogP contribution in [0.15, 0.2) is 78.9 Å². The van der Waals surface area contributed by atoms with Gasteiger partial charge in [0.1, 0.15) is 23.7 Å². The van der Waals surface area contributed by atoms with Crippen LogP contribution in [0.2, 0.25) is 0 Å². The minimum Gasteiger partial charge on any atom is -0.497 e. The van der Waals surface area contributed by atoms with E-state index in [2.05, 4.69) is 68.5 Å². The highest BCUT2D eigenvalue weighted by molar-refractivity contribution is 7.44. The summed E-state index contributed by atoms with van der Waals surface area (Å²) < 4.78 is 46.4. The molecule has 1 saturated heterocycles. The van der Waals surface area contributed by atoms with E-state index in [1.54, 1.807) is 14.2 Å². The average Bonchev–Trinajstić information content (AvgIpc) is 3.17. The van der Waals surface area contributed by atoms with Crippen molar-refractivity contribution >= 4 is 14.4 Å². The van der Waals surface area contributed by atoms with Gasteiger partial charge in [0.05, 0.1) is 45.7 Å².